The van der Waals surface area contributed by atoms with E-state index in [1.54, 1.807) is 63.4 Å². The van der Waals surface area contributed by atoms with Gasteiger partial charge in [0, 0.05) is 5.56 Å². The summed E-state index contributed by atoms with van der Waals surface area (Å²) in [5.41, 5.74) is 1.64. The number of nitrogens with zero attached hydrogens (tertiary/aromatic N) is 1. The highest BCUT2D eigenvalue weighted by Gasteiger charge is 2.14. The largest absolute Gasteiger partial charge is 0.497 e. The second-order valence-electron chi connectivity index (χ2n) is 5.84. The number of thiazole rings is 1. The average Bonchev–Trinajstić information content (AvgIpc) is 3.02. The number of esters is 1. The molecule has 134 valence electrons. The van der Waals surface area contributed by atoms with Crippen molar-refractivity contribution in [1.29, 1.82) is 0 Å². The number of fused-ring (bicyclic) bond motifs is 1. The van der Waals surface area contributed by atoms with Gasteiger partial charge in [-0.2, -0.15) is 0 Å². The normalized spacial score (nSPS) is 10.8. The van der Waals surface area contributed by atoms with Crippen LogP contribution in [0.25, 0.3) is 10.2 Å². The van der Waals surface area contributed by atoms with Crippen LogP contribution in [-0.2, 0) is 4.74 Å². The van der Waals surface area contributed by atoms with E-state index in [9.17, 15) is 9.59 Å². The van der Waals surface area contributed by atoms with Gasteiger partial charge in [0.05, 0.1) is 29.0 Å². The Balaban J connectivity index is 1.80. The Morgan fingerprint density at radius 1 is 1.12 bits per heavy atom. The molecule has 0 atom stereocenters. The van der Waals surface area contributed by atoms with E-state index in [0.29, 0.717) is 27.5 Å². The van der Waals surface area contributed by atoms with Crippen LogP contribution in [0.3, 0.4) is 0 Å². The predicted molar refractivity (Wildman–Crippen MR) is 101 cm³/mol. The van der Waals surface area contributed by atoms with Crippen molar-refractivity contribution in [3.8, 4) is 5.75 Å². The highest BCUT2D eigenvalue weighted by atomic mass is 32.1. The maximum absolute atomic E-state index is 12.4. The topological polar surface area (TPSA) is 77.5 Å². The minimum atomic E-state index is -0.378. The molecule has 1 N–H and O–H groups in total. The van der Waals surface area contributed by atoms with E-state index in [2.05, 4.69) is 10.3 Å². The van der Waals surface area contributed by atoms with Gasteiger partial charge in [-0.05, 0) is 50.2 Å². The van der Waals surface area contributed by atoms with Crippen LogP contribution in [0, 0.1) is 0 Å². The summed E-state index contributed by atoms with van der Waals surface area (Å²) in [6.07, 6.45) is -0.183. The summed E-state index contributed by atoms with van der Waals surface area (Å²) in [5.74, 6) is -0.0464. The van der Waals surface area contributed by atoms with Gasteiger partial charge < -0.3 is 9.47 Å². The molecule has 0 saturated carbocycles. The summed E-state index contributed by atoms with van der Waals surface area (Å²) in [6, 6.07) is 12.0. The molecule has 3 rings (SSSR count). The van der Waals surface area contributed by atoms with Crippen LogP contribution < -0.4 is 10.1 Å². The van der Waals surface area contributed by atoms with Crippen LogP contribution in [0.5, 0.6) is 5.75 Å². The van der Waals surface area contributed by atoms with E-state index in [-0.39, 0.29) is 18.0 Å². The molecule has 7 heteroatoms. The number of anilines is 1. The van der Waals surface area contributed by atoms with Gasteiger partial charge >= 0.3 is 5.97 Å². The second kappa shape index (κ2) is 7.53. The standard InChI is InChI=1S/C19H18N2O4S/c1-11(2)25-18(23)13-7-8-15-16(10-13)26-19(20-15)21-17(22)12-5-4-6-14(9-12)24-3/h4-11H,1-3H3,(H,20,21,22). The summed E-state index contributed by atoms with van der Waals surface area (Å²) in [5, 5.41) is 3.24. The van der Waals surface area contributed by atoms with E-state index < -0.39 is 0 Å². The Labute approximate surface area is 154 Å². The van der Waals surface area contributed by atoms with Crippen molar-refractivity contribution in [3.05, 3.63) is 53.6 Å². The zero-order valence-corrected chi connectivity index (χ0v) is 15.4. The first-order chi connectivity index (χ1) is 12.5. The number of nitrogens with one attached hydrogen (secondary N) is 1. The molecule has 2 aromatic carbocycles. The number of methoxy groups -OCH3 is 1. The van der Waals surface area contributed by atoms with Crippen molar-refractivity contribution in [3.63, 3.8) is 0 Å². The summed E-state index contributed by atoms with van der Waals surface area (Å²) in [4.78, 5) is 28.8. The molecule has 1 heterocycles. The Bertz CT molecular complexity index is 965. The number of ether oxygens (including phenoxy) is 2. The number of amides is 1. The number of carbonyl (C=O) groups excluding carboxylic acids is 2. The van der Waals surface area contributed by atoms with Gasteiger partial charge in [-0.15, -0.1) is 0 Å². The highest BCUT2D eigenvalue weighted by Crippen LogP contribution is 2.27. The van der Waals surface area contributed by atoms with E-state index >= 15 is 0 Å². The van der Waals surface area contributed by atoms with Crippen LogP contribution in [0.15, 0.2) is 42.5 Å². The maximum atomic E-state index is 12.4. The summed E-state index contributed by atoms with van der Waals surface area (Å²) < 4.78 is 11.1. The monoisotopic (exact) mass is 370 g/mol. The highest BCUT2D eigenvalue weighted by molar-refractivity contribution is 7.22. The fraction of sp³-hybridized carbons (Fsp3) is 0.211. The van der Waals surface area contributed by atoms with Crippen LogP contribution in [-0.4, -0.2) is 30.1 Å². The number of benzene rings is 2. The molecule has 0 aliphatic rings. The Morgan fingerprint density at radius 3 is 2.65 bits per heavy atom. The quantitative estimate of drug-likeness (QED) is 0.684. The lowest BCUT2D eigenvalue weighted by Crippen LogP contribution is -2.11. The first-order valence-corrected chi connectivity index (χ1v) is 8.85. The van der Waals surface area contributed by atoms with Gasteiger partial charge in [0.15, 0.2) is 5.13 Å². The SMILES string of the molecule is COc1cccc(C(=O)Nc2nc3ccc(C(=O)OC(C)C)cc3s2)c1. The van der Waals surface area contributed by atoms with E-state index in [0.717, 1.165) is 4.70 Å². The fourth-order valence-electron chi connectivity index (χ4n) is 2.32. The molecule has 0 unspecified atom stereocenters. The number of carbonyl (C=O) groups is 2. The molecule has 6 nitrogen and oxygen atoms in total. The molecule has 0 aliphatic heterocycles. The average molecular weight is 370 g/mol. The third-order valence-corrected chi connectivity index (χ3v) is 4.45. The van der Waals surface area contributed by atoms with Gasteiger partial charge in [-0.1, -0.05) is 17.4 Å². The molecular weight excluding hydrogens is 352 g/mol. The smallest absolute Gasteiger partial charge is 0.338 e. The molecule has 0 bridgehead atoms. The molecule has 26 heavy (non-hydrogen) atoms. The molecule has 1 amide bonds. The van der Waals surface area contributed by atoms with Crippen molar-refractivity contribution >= 4 is 38.6 Å². The number of aromatic nitrogens is 1. The molecule has 1 aromatic heterocycles. The maximum Gasteiger partial charge on any atom is 0.338 e. The van der Waals surface area contributed by atoms with Crippen molar-refractivity contribution < 1.29 is 19.1 Å². The number of hydrogen-bond donors (Lipinski definition) is 1. The minimum Gasteiger partial charge on any atom is -0.497 e. The minimum absolute atomic E-state index is 0.183. The van der Waals surface area contributed by atoms with Crippen molar-refractivity contribution in [2.45, 2.75) is 20.0 Å². The molecule has 0 aliphatic carbocycles. The van der Waals surface area contributed by atoms with Crippen LogP contribution in [0.4, 0.5) is 5.13 Å². The lowest BCUT2D eigenvalue weighted by Gasteiger charge is -2.07. The predicted octanol–water partition coefficient (Wildman–Crippen LogP) is 4.12. The Kier molecular flexibility index (Phi) is 5.18. The van der Waals surface area contributed by atoms with Gasteiger partial charge in [0.25, 0.3) is 5.91 Å². The first kappa shape index (κ1) is 17.9. The molecule has 0 fully saturated rings. The summed E-state index contributed by atoms with van der Waals surface area (Å²) in [6.45, 7) is 3.60. The lowest BCUT2D eigenvalue weighted by atomic mass is 10.2. The van der Waals surface area contributed by atoms with Crippen LogP contribution in [0.1, 0.15) is 34.6 Å². The van der Waals surface area contributed by atoms with Gasteiger partial charge in [-0.25, -0.2) is 9.78 Å². The summed E-state index contributed by atoms with van der Waals surface area (Å²) >= 11 is 1.30. The van der Waals surface area contributed by atoms with Crippen molar-refractivity contribution in [2.75, 3.05) is 12.4 Å². The van der Waals surface area contributed by atoms with Gasteiger partial charge in [0.1, 0.15) is 5.75 Å². The molecular formula is C19H18N2O4S. The first-order valence-electron chi connectivity index (χ1n) is 8.03. The van der Waals surface area contributed by atoms with E-state index in [1.807, 2.05) is 0 Å². The third-order valence-electron chi connectivity index (χ3n) is 3.52. The zero-order chi connectivity index (χ0) is 18.7. The van der Waals surface area contributed by atoms with Gasteiger partial charge in [-0.3, -0.25) is 10.1 Å². The molecule has 0 spiro atoms. The van der Waals surface area contributed by atoms with Gasteiger partial charge in [0.2, 0.25) is 0 Å². The number of hydrogen-bond acceptors (Lipinski definition) is 6. The zero-order valence-electron chi connectivity index (χ0n) is 14.6. The molecule has 3 aromatic rings. The summed E-state index contributed by atoms with van der Waals surface area (Å²) in [7, 11) is 1.55. The Morgan fingerprint density at radius 2 is 1.92 bits per heavy atom. The third kappa shape index (κ3) is 4.00. The Hall–Kier alpha value is -2.93. The lowest BCUT2D eigenvalue weighted by molar-refractivity contribution is 0.0378. The fourth-order valence-corrected chi connectivity index (χ4v) is 3.22. The van der Waals surface area contributed by atoms with Crippen molar-refractivity contribution in [1.82, 2.24) is 4.98 Å². The number of rotatable bonds is 5. The van der Waals surface area contributed by atoms with Crippen LogP contribution >= 0.6 is 11.3 Å². The molecule has 0 saturated heterocycles. The van der Waals surface area contributed by atoms with Crippen LogP contribution in [0.2, 0.25) is 0 Å². The second-order valence-corrected chi connectivity index (χ2v) is 6.87. The van der Waals surface area contributed by atoms with E-state index in [1.165, 1.54) is 11.3 Å². The van der Waals surface area contributed by atoms with Crippen molar-refractivity contribution in [2.24, 2.45) is 0 Å². The molecule has 0 radical (unpaired) electrons. The van der Waals surface area contributed by atoms with E-state index in [4.69, 9.17) is 9.47 Å².